The maximum Gasteiger partial charge on any atom is 0.224 e. The smallest absolute Gasteiger partial charge is 0.224 e. The van der Waals surface area contributed by atoms with Crippen molar-refractivity contribution in [2.45, 2.75) is 25.8 Å². The first-order valence-corrected chi connectivity index (χ1v) is 8.93. The van der Waals surface area contributed by atoms with Crippen LogP contribution in [0.4, 0.5) is 4.39 Å². The van der Waals surface area contributed by atoms with Gasteiger partial charge in [-0.15, -0.1) is 0 Å². The summed E-state index contributed by atoms with van der Waals surface area (Å²) < 4.78 is 19.4. The number of hydrogen-bond acceptors (Lipinski definition) is 4. The average Bonchev–Trinajstić information content (AvgIpc) is 2.65. The summed E-state index contributed by atoms with van der Waals surface area (Å²) in [6.45, 7) is 2.39. The highest BCUT2D eigenvalue weighted by molar-refractivity contribution is 5.76. The first kappa shape index (κ1) is 18.3. The molecule has 0 radical (unpaired) electrons. The first-order chi connectivity index (χ1) is 12.6. The van der Waals surface area contributed by atoms with Crippen LogP contribution in [0.2, 0.25) is 0 Å². The van der Waals surface area contributed by atoms with Crippen LogP contribution in [0.15, 0.2) is 42.6 Å². The molecule has 1 aliphatic rings. The highest BCUT2D eigenvalue weighted by Crippen LogP contribution is 2.25. The quantitative estimate of drug-likeness (QED) is 0.861. The van der Waals surface area contributed by atoms with Gasteiger partial charge in [0, 0.05) is 24.7 Å². The summed E-state index contributed by atoms with van der Waals surface area (Å²) in [4.78, 5) is 18.7. The van der Waals surface area contributed by atoms with Crippen LogP contribution in [0, 0.1) is 11.7 Å². The maximum absolute atomic E-state index is 13.8. The SMILES string of the molecule is CN1CCC(CC(=O)NCc2cccnc2Oc2ccccc2F)CC1. The number of piperidine rings is 1. The lowest BCUT2D eigenvalue weighted by atomic mass is 9.93. The molecule has 2 aromatic rings. The molecule has 0 aliphatic carbocycles. The molecule has 0 unspecified atom stereocenters. The van der Waals surface area contributed by atoms with Crippen molar-refractivity contribution in [2.75, 3.05) is 20.1 Å². The lowest BCUT2D eigenvalue weighted by Crippen LogP contribution is -2.33. The molecule has 5 nitrogen and oxygen atoms in total. The summed E-state index contributed by atoms with van der Waals surface area (Å²) in [5.41, 5.74) is 0.715. The van der Waals surface area contributed by atoms with E-state index in [1.807, 2.05) is 6.07 Å². The van der Waals surface area contributed by atoms with E-state index in [1.54, 1.807) is 30.5 Å². The van der Waals surface area contributed by atoms with Gasteiger partial charge >= 0.3 is 0 Å². The zero-order chi connectivity index (χ0) is 18.4. The zero-order valence-corrected chi connectivity index (χ0v) is 15.0. The summed E-state index contributed by atoms with van der Waals surface area (Å²) >= 11 is 0. The summed E-state index contributed by atoms with van der Waals surface area (Å²) in [6, 6.07) is 9.77. The molecule has 1 amide bonds. The van der Waals surface area contributed by atoms with Crippen LogP contribution in [0.3, 0.4) is 0 Å². The van der Waals surface area contributed by atoms with Gasteiger partial charge in [0.1, 0.15) is 0 Å². The van der Waals surface area contributed by atoms with Crippen molar-refractivity contribution >= 4 is 5.91 Å². The van der Waals surface area contributed by atoms with Gasteiger partial charge in [-0.3, -0.25) is 4.79 Å². The number of hydrogen-bond donors (Lipinski definition) is 1. The fourth-order valence-electron chi connectivity index (χ4n) is 3.08. The Morgan fingerprint density at radius 2 is 2.04 bits per heavy atom. The van der Waals surface area contributed by atoms with Crippen LogP contribution in [0.5, 0.6) is 11.6 Å². The van der Waals surface area contributed by atoms with Crippen molar-refractivity contribution in [1.29, 1.82) is 0 Å². The van der Waals surface area contributed by atoms with E-state index in [1.165, 1.54) is 6.07 Å². The van der Waals surface area contributed by atoms with E-state index in [2.05, 4.69) is 22.2 Å². The molecule has 0 spiro atoms. The number of benzene rings is 1. The number of para-hydroxylation sites is 1. The Morgan fingerprint density at radius 3 is 2.81 bits per heavy atom. The summed E-state index contributed by atoms with van der Waals surface area (Å²) in [6.07, 6.45) is 4.23. The molecule has 2 heterocycles. The molecule has 1 aromatic carbocycles. The van der Waals surface area contributed by atoms with Gasteiger partial charge in [-0.2, -0.15) is 0 Å². The van der Waals surface area contributed by atoms with Gasteiger partial charge in [0.05, 0.1) is 0 Å². The maximum atomic E-state index is 13.8. The number of nitrogens with one attached hydrogen (secondary N) is 1. The number of rotatable bonds is 6. The molecule has 3 rings (SSSR count). The molecular formula is C20H24FN3O2. The fraction of sp³-hybridized carbons (Fsp3) is 0.400. The van der Waals surface area contributed by atoms with Crippen molar-refractivity contribution < 1.29 is 13.9 Å². The third-order valence-corrected chi connectivity index (χ3v) is 4.68. The third-order valence-electron chi connectivity index (χ3n) is 4.68. The van der Waals surface area contributed by atoms with Gasteiger partial charge in [-0.05, 0) is 57.1 Å². The number of likely N-dealkylation sites (tertiary alicyclic amines) is 1. The Morgan fingerprint density at radius 1 is 1.27 bits per heavy atom. The van der Waals surface area contributed by atoms with Crippen LogP contribution in [-0.2, 0) is 11.3 Å². The number of carbonyl (C=O) groups is 1. The lowest BCUT2D eigenvalue weighted by molar-refractivity contribution is -0.122. The van der Waals surface area contributed by atoms with Gasteiger partial charge in [-0.25, -0.2) is 9.37 Å². The minimum atomic E-state index is -0.449. The minimum Gasteiger partial charge on any atom is -0.436 e. The number of pyridine rings is 1. The van der Waals surface area contributed by atoms with Crippen molar-refractivity contribution in [3.63, 3.8) is 0 Å². The predicted octanol–water partition coefficient (Wildman–Crippen LogP) is 3.36. The summed E-state index contributed by atoms with van der Waals surface area (Å²) in [5.74, 6) is 0.437. The van der Waals surface area contributed by atoms with E-state index in [0.717, 1.165) is 25.9 Å². The standard InChI is InChI=1S/C20H24FN3O2/c1-24-11-8-15(9-12-24)13-19(25)23-14-16-5-4-10-22-20(16)26-18-7-3-2-6-17(18)21/h2-7,10,15H,8-9,11-14H2,1H3,(H,23,25). The molecule has 26 heavy (non-hydrogen) atoms. The van der Waals surface area contributed by atoms with Crippen molar-refractivity contribution in [1.82, 2.24) is 15.2 Å². The predicted molar refractivity (Wildman–Crippen MR) is 97.4 cm³/mol. The molecule has 138 valence electrons. The van der Waals surface area contributed by atoms with Crippen LogP contribution in [-0.4, -0.2) is 35.9 Å². The number of carbonyl (C=O) groups excluding carboxylic acids is 1. The monoisotopic (exact) mass is 357 g/mol. The highest BCUT2D eigenvalue weighted by Gasteiger charge is 2.19. The Kier molecular flexibility index (Phi) is 6.17. The topological polar surface area (TPSA) is 54.5 Å². The second-order valence-corrected chi connectivity index (χ2v) is 6.73. The highest BCUT2D eigenvalue weighted by atomic mass is 19.1. The second kappa shape index (κ2) is 8.76. The van der Waals surface area contributed by atoms with E-state index in [0.29, 0.717) is 30.3 Å². The number of halogens is 1. The van der Waals surface area contributed by atoms with E-state index in [4.69, 9.17) is 4.74 Å². The normalized spacial score (nSPS) is 15.6. The third kappa shape index (κ3) is 5.02. The Hall–Kier alpha value is -2.47. The summed E-state index contributed by atoms with van der Waals surface area (Å²) in [5, 5.41) is 2.93. The molecule has 0 atom stereocenters. The van der Waals surface area contributed by atoms with E-state index in [9.17, 15) is 9.18 Å². The summed E-state index contributed by atoms with van der Waals surface area (Å²) in [7, 11) is 2.11. The second-order valence-electron chi connectivity index (χ2n) is 6.73. The number of aromatic nitrogens is 1. The van der Waals surface area contributed by atoms with Crippen LogP contribution in [0.1, 0.15) is 24.8 Å². The van der Waals surface area contributed by atoms with Crippen LogP contribution < -0.4 is 10.1 Å². The zero-order valence-electron chi connectivity index (χ0n) is 15.0. The van der Waals surface area contributed by atoms with E-state index >= 15 is 0 Å². The van der Waals surface area contributed by atoms with Crippen LogP contribution in [0.25, 0.3) is 0 Å². The molecule has 1 fully saturated rings. The van der Waals surface area contributed by atoms with Gasteiger partial charge in [-0.1, -0.05) is 18.2 Å². The number of amides is 1. The van der Waals surface area contributed by atoms with E-state index < -0.39 is 5.82 Å². The average molecular weight is 357 g/mol. The molecule has 0 bridgehead atoms. The number of nitrogens with zero attached hydrogens (tertiary/aromatic N) is 2. The Bertz CT molecular complexity index is 745. The molecule has 1 saturated heterocycles. The van der Waals surface area contributed by atoms with Gasteiger partial charge in [0.2, 0.25) is 11.8 Å². The molecule has 0 saturated carbocycles. The molecular weight excluding hydrogens is 333 g/mol. The van der Waals surface area contributed by atoms with E-state index in [-0.39, 0.29) is 11.7 Å². The lowest BCUT2D eigenvalue weighted by Gasteiger charge is -2.28. The first-order valence-electron chi connectivity index (χ1n) is 8.93. The largest absolute Gasteiger partial charge is 0.436 e. The minimum absolute atomic E-state index is 0.0280. The molecule has 1 N–H and O–H groups in total. The molecule has 6 heteroatoms. The Balaban J connectivity index is 1.56. The van der Waals surface area contributed by atoms with Gasteiger partial charge in [0.15, 0.2) is 11.6 Å². The van der Waals surface area contributed by atoms with Gasteiger partial charge < -0.3 is 15.0 Å². The Labute approximate surface area is 153 Å². The van der Waals surface area contributed by atoms with Gasteiger partial charge in [0.25, 0.3) is 0 Å². The number of ether oxygens (including phenoxy) is 1. The van der Waals surface area contributed by atoms with Crippen LogP contribution >= 0.6 is 0 Å². The molecule has 1 aliphatic heterocycles. The van der Waals surface area contributed by atoms with Crippen molar-refractivity contribution in [2.24, 2.45) is 5.92 Å². The fourth-order valence-corrected chi connectivity index (χ4v) is 3.08. The van der Waals surface area contributed by atoms with Crippen molar-refractivity contribution in [3.8, 4) is 11.6 Å². The van der Waals surface area contributed by atoms with Crippen molar-refractivity contribution in [3.05, 3.63) is 54.0 Å². The molecule has 1 aromatic heterocycles.